The number of morpholine rings is 1. The van der Waals surface area contributed by atoms with Gasteiger partial charge in [-0.25, -0.2) is 8.78 Å². The number of hydrogen-bond donors (Lipinski definition) is 2. The molecule has 1 aliphatic heterocycles. The van der Waals surface area contributed by atoms with E-state index < -0.39 is 11.6 Å². The zero-order valence-electron chi connectivity index (χ0n) is 15.2. The Hall–Kier alpha value is -1.73. The molecule has 1 aromatic carbocycles. The summed E-state index contributed by atoms with van der Waals surface area (Å²) in [6.07, 6.45) is 0.256. The molecule has 1 heterocycles. The molecule has 7 heteroatoms. The number of nitrogens with one attached hydrogen (secondary N) is 2. The van der Waals surface area contributed by atoms with Crippen LogP contribution in [0.1, 0.15) is 19.4 Å². The van der Waals surface area contributed by atoms with Crippen LogP contribution in [-0.2, 0) is 11.2 Å². The Morgan fingerprint density at radius 2 is 1.84 bits per heavy atom. The van der Waals surface area contributed by atoms with Crippen LogP contribution in [0.3, 0.4) is 0 Å². The monoisotopic (exact) mass is 354 g/mol. The Labute approximate surface area is 148 Å². The number of guanidine groups is 1. The summed E-state index contributed by atoms with van der Waals surface area (Å²) in [4.78, 5) is 6.56. The molecule has 0 amide bonds. The van der Waals surface area contributed by atoms with E-state index in [-0.39, 0.29) is 17.5 Å². The quantitative estimate of drug-likeness (QED) is 0.604. The Balaban J connectivity index is 1.80. The Kier molecular flexibility index (Phi) is 7.13. The molecule has 0 bridgehead atoms. The first-order valence-corrected chi connectivity index (χ1v) is 8.64. The van der Waals surface area contributed by atoms with E-state index in [1.165, 1.54) is 18.2 Å². The van der Waals surface area contributed by atoms with Crippen LogP contribution in [0.25, 0.3) is 0 Å². The fourth-order valence-corrected chi connectivity index (χ4v) is 2.88. The van der Waals surface area contributed by atoms with Gasteiger partial charge >= 0.3 is 0 Å². The van der Waals surface area contributed by atoms with E-state index in [2.05, 4.69) is 34.4 Å². The van der Waals surface area contributed by atoms with Crippen LogP contribution < -0.4 is 10.6 Å². The largest absolute Gasteiger partial charge is 0.379 e. The van der Waals surface area contributed by atoms with Gasteiger partial charge in [0.05, 0.1) is 13.2 Å². The fraction of sp³-hybridized carbons (Fsp3) is 0.611. The molecule has 1 fully saturated rings. The number of benzene rings is 1. The first kappa shape index (κ1) is 19.6. The van der Waals surface area contributed by atoms with Crippen molar-refractivity contribution in [3.63, 3.8) is 0 Å². The first-order valence-electron chi connectivity index (χ1n) is 8.64. The summed E-state index contributed by atoms with van der Waals surface area (Å²) in [5.41, 5.74) is 0.0538. The van der Waals surface area contributed by atoms with Crippen molar-refractivity contribution in [2.24, 2.45) is 4.99 Å². The van der Waals surface area contributed by atoms with Gasteiger partial charge in [-0.3, -0.25) is 9.89 Å². The summed E-state index contributed by atoms with van der Waals surface area (Å²) in [6.45, 7) is 8.78. The Morgan fingerprint density at radius 3 is 2.44 bits per heavy atom. The average Bonchev–Trinajstić information content (AvgIpc) is 2.61. The highest BCUT2D eigenvalue weighted by atomic mass is 19.1. The number of hydrogen-bond acceptors (Lipinski definition) is 3. The summed E-state index contributed by atoms with van der Waals surface area (Å²) in [5, 5.41) is 6.40. The van der Waals surface area contributed by atoms with Gasteiger partial charge in [0.2, 0.25) is 0 Å². The summed E-state index contributed by atoms with van der Waals surface area (Å²) in [7, 11) is 1.68. The summed E-state index contributed by atoms with van der Waals surface area (Å²) < 4.78 is 32.7. The van der Waals surface area contributed by atoms with Gasteiger partial charge in [-0.1, -0.05) is 6.07 Å². The van der Waals surface area contributed by atoms with Gasteiger partial charge in [0.15, 0.2) is 5.96 Å². The Morgan fingerprint density at radius 1 is 1.20 bits per heavy atom. The van der Waals surface area contributed by atoms with Crippen molar-refractivity contribution in [1.82, 2.24) is 15.5 Å². The summed E-state index contributed by atoms with van der Waals surface area (Å²) in [5.74, 6) is -0.408. The number of aliphatic imine (C=N–C) groups is 1. The topological polar surface area (TPSA) is 48.9 Å². The highest BCUT2D eigenvalue weighted by Crippen LogP contribution is 2.15. The highest BCUT2D eigenvalue weighted by Gasteiger charge is 2.28. The van der Waals surface area contributed by atoms with E-state index in [9.17, 15) is 8.78 Å². The minimum atomic E-state index is -0.516. The lowest BCUT2D eigenvalue weighted by molar-refractivity contribution is -0.00833. The predicted molar refractivity (Wildman–Crippen MR) is 95.9 cm³/mol. The van der Waals surface area contributed by atoms with Gasteiger partial charge < -0.3 is 15.4 Å². The molecule has 0 saturated carbocycles. The third-order valence-electron chi connectivity index (χ3n) is 4.51. The SMILES string of the molecule is CN=C(NCCc1c(F)cccc1F)NCC(C)(C)N1CCOCC1. The smallest absolute Gasteiger partial charge is 0.191 e. The van der Waals surface area contributed by atoms with Crippen molar-refractivity contribution in [3.8, 4) is 0 Å². The molecular weight excluding hydrogens is 326 g/mol. The Bertz CT molecular complexity index is 566. The molecule has 0 spiro atoms. The van der Waals surface area contributed by atoms with Crippen molar-refractivity contribution < 1.29 is 13.5 Å². The molecule has 140 valence electrons. The van der Waals surface area contributed by atoms with Gasteiger partial charge in [0.25, 0.3) is 0 Å². The van der Waals surface area contributed by atoms with Crippen LogP contribution in [0, 0.1) is 11.6 Å². The molecule has 2 rings (SSSR count). The lowest BCUT2D eigenvalue weighted by atomic mass is 10.0. The average molecular weight is 354 g/mol. The van der Waals surface area contributed by atoms with Gasteiger partial charge in [0.1, 0.15) is 11.6 Å². The molecule has 25 heavy (non-hydrogen) atoms. The number of ether oxygens (including phenoxy) is 1. The molecule has 1 aromatic rings. The maximum absolute atomic E-state index is 13.6. The van der Waals surface area contributed by atoms with E-state index in [1.807, 2.05) is 0 Å². The molecule has 0 atom stereocenters. The normalized spacial score (nSPS) is 16.8. The van der Waals surface area contributed by atoms with Crippen LogP contribution in [0.15, 0.2) is 23.2 Å². The minimum Gasteiger partial charge on any atom is -0.379 e. The highest BCUT2D eigenvalue weighted by molar-refractivity contribution is 5.79. The van der Waals surface area contributed by atoms with Crippen LogP contribution in [0.4, 0.5) is 8.78 Å². The van der Waals surface area contributed by atoms with E-state index in [1.54, 1.807) is 7.05 Å². The molecule has 2 N–H and O–H groups in total. The zero-order chi connectivity index (χ0) is 18.3. The molecule has 1 aliphatic rings. The van der Waals surface area contributed by atoms with Crippen molar-refractivity contribution >= 4 is 5.96 Å². The maximum Gasteiger partial charge on any atom is 0.191 e. The van der Waals surface area contributed by atoms with Crippen molar-refractivity contribution in [2.45, 2.75) is 25.8 Å². The predicted octanol–water partition coefficient (Wildman–Crippen LogP) is 1.78. The van der Waals surface area contributed by atoms with E-state index >= 15 is 0 Å². The van der Waals surface area contributed by atoms with Gasteiger partial charge in [-0.05, 0) is 32.4 Å². The molecule has 0 radical (unpaired) electrons. The molecule has 1 saturated heterocycles. The van der Waals surface area contributed by atoms with Crippen LogP contribution in [0.5, 0.6) is 0 Å². The van der Waals surface area contributed by atoms with Gasteiger partial charge in [-0.2, -0.15) is 0 Å². The lowest BCUT2D eigenvalue weighted by Gasteiger charge is -2.41. The van der Waals surface area contributed by atoms with Crippen LogP contribution >= 0.6 is 0 Å². The van der Waals surface area contributed by atoms with Gasteiger partial charge in [0, 0.05) is 44.3 Å². The number of rotatable bonds is 6. The second kappa shape index (κ2) is 9.10. The second-order valence-corrected chi connectivity index (χ2v) is 6.71. The maximum atomic E-state index is 13.6. The van der Waals surface area contributed by atoms with Crippen LogP contribution in [0.2, 0.25) is 0 Å². The summed E-state index contributed by atoms with van der Waals surface area (Å²) in [6, 6.07) is 3.92. The number of nitrogens with zero attached hydrogens (tertiary/aromatic N) is 2. The fourth-order valence-electron chi connectivity index (χ4n) is 2.88. The molecule has 0 unspecified atom stereocenters. The lowest BCUT2D eigenvalue weighted by Crippen LogP contribution is -2.56. The van der Waals surface area contributed by atoms with Crippen molar-refractivity contribution in [3.05, 3.63) is 35.4 Å². The third-order valence-corrected chi connectivity index (χ3v) is 4.51. The third kappa shape index (κ3) is 5.64. The van der Waals surface area contributed by atoms with Gasteiger partial charge in [-0.15, -0.1) is 0 Å². The zero-order valence-corrected chi connectivity index (χ0v) is 15.2. The molecule has 0 aliphatic carbocycles. The van der Waals surface area contributed by atoms with E-state index in [4.69, 9.17) is 4.74 Å². The minimum absolute atomic E-state index is 0.0426. The first-order chi connectivity index (χ1) is 11.9. The standard InChI is InChI=1S/C18H28F2N4O/c1-18(2,24-9-11-25-12-10-24)13-23-17(21-3)22-8-7-14-15(19)5-4-6-16(14)20/h4-6H,7-13H2,1-3H3,(H2,21,22,23). The summed E-state index contributed by atoms with van der Waals surface area (Å²) >= 11 is 0. The molecule has 0 aromatic heterocycles. The second-order valence-electron chi connectivity index (χ2n) is 6.71. The van der Waals surface area contributed by atoms with E-state index in [0.717, 1.165) is 26.3 Å². The molecular formula is C18H28F2N4O. The molecule has 5 nitrogen and oxygen atoms in total. The number of halogens is 2. The van der Waals surface area contributed by atoms with Crippen LogP contribution in [-0.4, -0.2) is 62.8 Å². The van der Waals surface area contributed by atoms with Crippen molar-refractivity contribution in [1.29, 1.82) is 0 Å². The van der Waals surface area contributed by atoms with Crippen molar-refractivity contribution in [2.75, 3.05) is 46.4 Å². The van der Waals surface area contributed by atoms with E-state index in [0.29, 0.717) is 19.0 Å².